The number of nitrogens with zero attached hydrogens (tertiary/aromatic N) is 3. The maximum atomic E-state index is 8.94. The number of ether oxygens (including phenoxy) is 2. The largest absolute Gasteiger partial charge is 0.493 e. The Balaban J connectivity index is 2.06. The monoisotopic (exact) mass is 417 g/mol. The number of nitrogens with one attached hydrogen (secondary N) is 2. The van der Waals surface area contributed by atoms with Gasteiger partial charge in [0.25, 0.3) is 0 Å². The highest BCUT2D eigenvalue weighted by atomic mass is 16.5. The number of aliphatic hydroxyl groups is 1. The predicted octanol–water partition coefficient (Wildman–Crippen LogP) is 2.10. The fraction of sp³-hybridized carbons (Fsp3) is 0.545. The molecule has 0 bridgehead atoms. The predicted molar refractivity (Wildman–Crippen MR) is 119 cm³/mol. The Morgan fingerprint density at radius 2 is 2.07 bits per heavy atom. The first-order valence-electron chi connectivity index (χ1n) is 10.3. The number of rotatable bonds is 10. The molecule has 3 N–H and O–H groups in total. The molecule has 30 heavy (non-hydrogen) atoms. The number of aryl methyl sites for hydroxylation is 2. The Labute approximate surface area is 179 Å². The van der Waals surface area contributed by atoms with E-state index in [2.05, 4.69) is 36.5 Å². The van der Waals surface area contributed by atoms with Gasteiger partial charge in [-0.25, -0.2) is 4.99 Å². The Morgan fingerprint density at radius 1 is 1.30 bits per heavy atom. The van der Waals surface area contributed by atoms with Crippen molar-refractivity contribution in [1.29, 1.82) is 0 Å². The van der Waals surface area contributed by atoms with E-state index in [1.807, 2.05) is 36.9 Å². The van der Waals surface area contributed by atoms with Crippen molar-refractivity contribution in [3.63, 3.8) is 0 Å². The van der Waals surface area contributed by atoms with Crippen LogP contribution in [-0.2, 0) is 20.0 Å². The topological polar surface area (TPSA) is 92.9 Å². The quantitative estimate of drug-likeness (QED) is 0.405. The van der Waals surface area contributed by atoms with Crippen molar-refractivity contribution in [2.75, 3.05) is 26.9 Å². The Kier molecular flexibility index (Phi) is 8.98. The van der Waals surface area contributed by atoms with E-state index in [1.165, 1.54) is 11.3 Å². The lowest BCUT2D eigenvalue weighted by Crippen LogP contribution is -2.43. The minimum Gasteiger partial charge on any atom is -0.493 e. The van der Waals surface area contributed by atoms with Crippen LogP contribution in [0.3, 0.4) is 0 Å². The summed E-state index contributed by atoms with van der Waals surface area (Å²) < 4.78 is 12.8. The van der Waals surface area contributed by atoms with Gasteiger partial charge in [0.1, 0.15) is 6.61 Å². The molecule has 0 spiro atoms. The van der Waals surface area contributed by atoms with Gasteiger partial charge in [0.05, 0.1) is 26.0 Å². The number of aromatic nitrogens is 2. The summed E-state index contributed by atoms with van der Waals surface area (Å²) in [6, 6.07) is 5.91. The molecular weight excluding hydrogens is 382 g/mol. The van der Waals surface area contributed by atoms with Gasteiger partial charge in [-0.05, 0) is 57.4 Å². The van der Waals surface area contributed by atoms with Crippen molar-refractivity contribution >= 4 is 5.96 Å². The number of methoxy groups -OCH3 is 1. The van der Waals surface area contributed by atoms with E-state index in [0.717, 1.165) is 30.2 Å². The molecule has 0 amide bonds. The molecule has 0 aliphatic rings. The second kappa shape index (κ2) is 11.4. The molecule has 8 nitrogen and oxygen atoms in total. The maximum Gasteiger partial charge on any atom is 0.191 e. The molecule has 1 heterocycles. The van der Waals surface area contributed by atoms with Crippen molar-refractivity contribution in [3.05, 3.63) is 40.7 Å². The molecule has 0 fully saturated rings. The summed E-state index contributed by atoms with van der Waals surface area (Å²) in [6.45, 7) is 9.82. The van der Waals surface area contributed by atoms with Crippen LogP contribution < -0.4 is 20.1 Å². The van der Waals surface area contributed by atoms with Crippen LogP contribution in [0.1, 0.15) is 36.4 Å². The third-order valence-electron chi connectivity index (χ3n) is 4.89. The summed E-state index contributed by atoms with van der Waals surface area (Å²) in [5.41, 5.74) is 4.54. The third-order valence-corrected chi connectivity index (χ3v) is 4.89. The van der Waals surface area contributed by atoms with Crippen LogP contribution in [0, 0.1) is 13.8 Å². The van der Waals surface area contributed by atoms with Crippen LogP contribution in [0.2, 0.25) is 0 Å². The van der Waals surface area contributed by atoms with Crippen LogP contribution in [0.25, 0.3) is 0 Å². The zero-order valence-corrected chi connectivity index (χ0v) is 19.0. The molecule has 8 heteroatoms. The molecule has 2 aromatic rings. The van der Waals surface area contributed by atoms with Crippen molar-refractivity contribution in [2.45, 2.75) is 46.7 Å². The van der Waals surface area contributed by atoms with Gasteiger partial charge < -0.3 is 25.2 Å². The second-order valence-corrected chi connectivity index (χ2v) is 7.27. The normalized spacial score (nSPS) is 12.6. The molecule has 0 aliphatic carbocycles. The summed E-state index contributed by atoms with van der Waals surface area (Å²) in [4.78, 5) is 4.72. The standard InChI is InChI=1S/C22H35N5O3/c1-7-23-22(25-15(2)12-19-16(3)26-27(5)17(19)4)24-14-18-8-9-20(30-11-10-28)21(13-18)29-6/h8-9,13,15,28H,7,10-12,14H2,1-6H3,(H2,23,24,25). The van der Waals surface area contributed by atoms with E-state index in [-0.39, 0.29) is 19.3 Å². The average molecular weight is 418 g/mol. The lowest BCUT2D eigenvalue weighted by atomic mass is 10.1. The fourth-order valence-electron chi connectivity index (χ4n) is 3.28. The van der Waals surface area contributed by atoms with Crippen LogP contribution in [0.15, 0.2) is 23.2 Å². The molecule has 0 saturated carbocycles. The van der Waals surface area contributed by atoms with E-state index >= 15 is 0 Å². The van der Waals surface area contributed by atoms with Gasteiger partial charge in [0.15, 0.2) is 17.5 Å². The van der Waals surface area contributed by atoms with E-state index in [1.54, 1.807) is 7.11 Å². The zero-order chi connectivity index (χ0) is 22.1. The van der Waals surface area contributed by atoms with Gasteiger partial charge in [-0.2, -0.15) is 5.10 Å². The summed E-state index contributed by atoms with van der Waals surface area (Å²) in [6.07, 6.45) is 0.876. The smallest absolute Gasteiger partial charge is 0.191 e. The molecule has 1 unspecified atom stereocenters. The summed E-state index contributed by atoms with van der Waals surface area (Å²) in [7, 11) is 3.58. The zero-order valence-electron chi connectivity index (χ0n) is 19.0. The lowest BCUT2D eigenvalue weighted by molar-refractivity contribution is 0.196. The highest BCUT2D eigenvalue weighted by molar-refractivity contribution is 5.80. The highest BCUT2D eigenvalue weighted by Gasteiger charge is 2.14. The fourth-order valence-corrected chi connectivity index (χ4v) is 3.28. The van der Waals surface area contributed by atoms with Crippen molar-refractivity contribution < 1.29 is 14.6 Å². The molecule has 166 valence electrons. The van der Waals surface area contributed by atoms with E-state index in [4.69, 9.17) is 19.6 Å². The SMILES string of the molecule is CCNC(=NCc1ccc(OCCO)c(OC)c1)NC(C)Cc1c(C)nn(C)c1C. The van der Waals surface area contributed by atoms with E-state index in [0.29, 0.717) is 18.0 Å². The molecule has 0 saturated heterocycles. The highest BCUT2D eigenvalue weighted by Crippen LogP contribution is 2.28. The van der Waals surface area contributed by atoms with Crippen LogP contribution in [0.4, 0.5) is 0 Å². The van der Waals surface area contributed by atoms with Gasteiger partial charge in [0.2, 0.25) is 0 Å². The van der Waals surface area contributed by atoms with E-state index < -0.39 is 0 Å². The Morgan fingerprint density at radius 3 is 2.67 bits per heavy atom. The number of aliphatic hydroxyl groups excluding tert-OH is 1. The average Bonchev–Trinajstić information content (AvgIpc) is 2.96. The van der Waals surface area contributed by atoms with Crippen LogP contribution in [0.5, 0.6) is 11.5 Å². The van der Waals surface area contributed by atoms with Crippen molar-refractivity contribution in [2.24, 2.45) is 12.0 Å². The molecule has 1 aromatic carbocycles. The van der Waals surface area contributed by atoms with Gasteiger partial charge in [-0.15, -0.1) is 0 Å². The van der Waals surface area contributed by atoms with Crippen LogP contribution >= 0.6 is 0 Å². The Hall–Kier alpha value is -2.74. The molecular formula is C22H35N5O3. The number of hydrogen-bond donors (Lipinski definition) is 3. The number of guanidine groups is 1. The third kappa shape index (κ3) is 6.38. The summed E-state index contributed by atoms with van der Waals surface area (Å²) >= 11 is 0. The number of hydrogen-bond acceptors (Lipinski definition) is 5. The summed E-state index contributed by atoms with van der Waals surface area (Å²) in [5, 5.41) is 20.2. The lowest BCUT2D eigenvalue weighted by Gasteiger charge is -2.18. The maximum absolute atomic E-state index is 8.94. The van der Waals surface area contributed by atoms with Crippen LogP contribution in [-0.4, -0.2) is 53.8 Å². The van der Waals surface area contributed by atoms with Crippen molar-refractivity contribution in [1.82, 2.24) is 20.4 Å². The molecule has 0 aliphatic heterocycles. The molecule has 1 atom stereocenters. The second-order valence-electron chi connectivity index (χ2n) is 7.27. The number of aliphatic imine (C=N–C) groups is 1. The first-order valence-corrected chi connectivity index (χ1v) is 10.3. The Bertz CT molecular complexity index is 848. The minimum atomic E-state index is -0.0385. The van der Waals surface area contributed by atoms with Crippen molar-refractivity contribution in [3.8, 4) is 11.5 Å². The van der Waals surface area contributed by atoms with Gasteiger partial charge >= 0.3 is 0 Å². The molecule has 2 rings (SSSR count). The van der Waals surface area contributed by atoms with Gasteiger partial charge in [-0.3, -0.25) is 4.68 Å². The minimum absolute atomic E-state index is 0.0385. The first-order chi connectivity index (χ1) is 14.4. The van der Waals surface area contributed by atoms with E-state index in [9.17, 15) is 0 Å². The number of benzene rings is 1. The molecule has 0 radical (unpaired) electrons. The summed E-state index contributed by atoms with van der Waals surface area (Å²) in [5.74, 6) is 2.01. The first kappa shape index (κ1) is 23.5. The molecule has 1 aromatic heterocycles. The van der Waals surface area contributed by atoms with Gasteiger partial charge in [0, 0.05) is 25.3 Å². The van der Waals surface area contributed by atoms with Gasteiger partial charge in [-0.1, -0.05) is 6.07 Å².